The second-order valence-corrected chi connectivity index (χ2v) is 7.82. The predicted octanol–water partition coefficient (Wildman–Crippen LogP) is 2.91. The molecule has 0 spiro atoms. The Morgan fingerprint density at radius 1 is 1.11 bits per heavy atom. The minimum absolute atomic E-state index is 0.132. The molecule has 2 aromatic carbocycles. The number of amides is 1. The van der Waals surface area contributed by atoms with Gasteiger partial charge in [-0.05, 0) is 48.5 Å². The standard InChI is InChI=1S/C20H24N2O5S/c1-4-13-22(14-15-27-19-9-7-18(26-3)8-10-19)28(24,25)20-11-5-17(6-12-20)21-16(2)23/h4-12H,1,13-15H2,2-3H3,(H,21,23). The summed E-state index contributed by atoms with van der Waals surface area (Å²) in [5.41, 5.74) is 0.532. The average Bonchev–Trinajstić information content (AvgIpc) is 2.67. The van der Waals surface area contributed by atoms with Crippen LogP contribution in [0.15, 0.2) is 66.1 Å². The van der Waals surface area contributed by atoms with E-state index in [1.165, 1.54) is 29.4 Å². The zero-order valence-corrected chi connectivity index (χ0v) is 16.7. The van der Waals surface area contributed by atoms with Crippen molar-refractivity contribution >= 4 is 21.6 Å². The summed E-state index contributed by atoms with van der Waals surface area (Å²) < 4.78 is 37.8. The normalized spacial score (nSPS) is 11.1. The largest absolute Gasteiger partial charge is 0.497 e. The van der Waals surface area contributed by atoms with Crippen molar-refractivity contribution in [2.24, 2.45) is 0 Å². The second kappa shape index (κ2) is 9.91. The number of rotatable bonds is 10. The summed E-state index contributed by atoms with van der Waals surface area (Å²) >= 11 is 0. The fraction of sp³-hybridized carbons (Fsp3) is 0.250. The van der Waals surface area contributed by atoms with E-state index < -0.39 is 10.0 Å². The van der Waals surface area contributed by atoms with E-state index in [0.717, 1.165) is 0 Å². The van der Waals surface area contributed by atoms with Gasteiger partial charge < -0.3 is 14.8 Å². The molecule has 0 fully saturated rings. The molecule has 0 aliphatic heterocycles. The lowest BCUT2D eigenvalue weighted by molar-refractivity contribution is -0.114. The van der Waals surface area contributed by atoms with Crippen LogP contribution in [0.5, 0.6) is 11.5 Å². The summed E-state index contributed by atoms with van der Waals surface area (Å²) in [6, 6.07) is 13.1. The van der Waals surface area contributed by atoms with Crippen LogP contribution in [-0.4, -0.2) is 45.4 Å². The first kappa shape index (κ1) is 21.5. The molecule has 0 unspecified atom stereocenters. The first-order chi connectivity index (χ1) is 13.4. The second-order valence-electron chi connectivity index (χ2n) is 5.88. The third-order valence-corrected chi connectivity index (χ3v) is 5.69. The number of anilines is 1. The average molecular weight is 404 g/mol. The third-order valence-electron chi connectivity index (χ3n) is 3.81. The van der Waals surface area contributed by atoms with Gasteiger partial charge >= 0.3 is 0 Å². The molecule has 0 saturated heterocycles. The molecule has 0 atom stereocenters. The number of benzene rings is 2. The number of hydrogen-bond acceptors (Lipinski definition) is 5. The van der Waals surface area contributed by atoms with Gasteiger partial charge in [0, 0.05) is 25.7 Å². The Hall–Kier alpha value is -2.84. The van der Waals surface area contributed by atoms with Gasteiger partial charge in [-0.25, -0.2) is 8.42 Å². The van der Waals surface area contributed by atoms with Crippen LogP contribution in [0.4, 0.5) is 5.69 Å². The molecule has 0 saturated carbocycles. The topological polar surface area (TPSA) is 84.9 Å². The van der Waals surface area contributed by atoms with E-state index in [-0.39, 0.29) is 30.5 Å². The van der Waals surface area contributed by atoms with E-state index in [2.05, 4.69) is 11.9 Å². The summed E-state index contributed by atoms with van der Waals surface area (Å²) in [7, 11) is -2.14. The van der Waals surface area contributed by atoms with E-state index in [1.54, 1.807) is 43.5 Å². The number of hydrogen-bond donors (Lipinski definition) is 1. The van der Waals surface area contributed by atoms with E-state index in [0.29, 0.717) is 17.2 Å². The van der Waals surface area contributed by atoms with E-state index in [9.17, 15) is 13.2 Å². The van der Waals surface area contributed by atoms with Crippen molar-refractivity contribution in [2.75, 3.05) is 32.1 Å². The lowest BCUT2D eigenvalue weighted by Gasteiger charge is -2.21. The third kappa shape index (κ3) is 5.83. The highest BCUT2D eigenvalue weighted by Gasteiger charge is 2.23. The fourth-order valence-electron chi connectivity index (χ4n) is 2.45. The molecule has 2 aromatic rings. The summed E-state index contributed by atoms with van der Waals surface area (Å²) in [5, 5.41) is 2.61. The molecule has 0 radical (unpaired) electrons. The first-order valence-electron chi connectivity index (χ1n) is 8.62. The monoisotopic (exact) mass is 404 g/mol. The maximum Gasteiger partial charge on any atom is 0.243 e. The van der Waals surface area contributed by atoms with Crippen LogP contribution in [0.3, 0.4) is 0 Å². The van der Waals surface area contributed by atoms with Gasteiger partial charge in [0.15, 0.2) is 0 Å². The maximum absolute atomic E-state index is 12.9. The number of nitrogens with zero attached hydrogens (tertiary/aromatic N) is 1. The van der Waals surface area contributed by atoms with Crippen molar-refractivity contribution in [3.8, 4) is 11.5 Å². The predicted molar refractivity (Wildman–Crippen MR) is 108 cm³/mol. The number of carbonyl (C=O) groups excluding carboxylic acids is 1. The number of carbonyl (C=O) groups is 1. The molecule has 28 heavy (non-hydrogen) atoms. The van der Waals surface area contributed by atoms with Crippen LogP contribution >= 0.6 is 0 Å². The summed E-state index contributed by atoms with van der Waals surface area (Å²) in [6.45, 7) is 5.52. The molecule has 0 aliphatic rings. The fourth-order valence-corrected chi connectivity index (χ4v) is 3.85. The SMILES string of the molecule is C=CCN(CCOc1ccc(OC)cc1)S(=O)(=O)c1ccc(NC(C)=O)cc1. The van der Waals surface area contributed by atoms with Gasteiger partial charge in [-0.2, -0.15) is 4.31 Å². The molecule has 8 heteroatoms. The highest BCUT2D eigenvalue weighted by atomic mass is 32.2. The van der Waals surface area contributed by atoms with Crippen LogP contribution in [0, 0.1) is 0 Å². The summed E-state index contributed by atoms with van der Waals surface area (Å²) in [6.07, 6.45) is 1.52. The molecule has 1 N–H and O–H groups in total. The Labute approximate surface area is 165 Å². The number of methoxy groups -OCH3 is 1. The molecular weight excluding hydrogens is 380 g/mol. The highest BCUT2D eigenvalue weighted by Crippen LogP contribution is 2.20. The van der Waals surface area contributed by atoms with Crippen LogP contribution in [0.2, 0.25) is 0 Å². The van der Waals surface area contributed by atoms with Gasteiger partial charge in [0.2, 0.25) is 15.9 Å². The number of sulfonamides is 1. The van der Waals surface area contributed by atoms with E-state index in [1.807, 2.05) is 0 Å². The molecule has 0 aromatic heterocycles. The van der Waals surface area contributed by atoms with Gasteiger partial charge in [-0.1, -0.05) is 6.08 Å². The molecule has 0 bridgehead atoms. The molecule has 150 valence electrons. The van der Waals surface area contributed by atoms with Gasteiger partial charge in [-0.15, -0.1) is 6.58 Å². The van der Waals surface area contributed by atoms with Crippen molar-refractivity contribution in [2.45, 2.75) is 11.8 Å². The Balaban J connectivity index is 2.05. The smallest absolute Gasteiger partial charge is 0.243 e. The van der Waals surface area contributed by atoms with Crippen molar-refractivity contribution in [1.29, 1.82) is 0 Å². The van der Waals surface area contributed by atoms with E-state index in [4.69, 9.17) is 9.47 Å². The van der Waals surface area contributed by atoms with Crippen molar-refractivity contribution in [3.05, 3.63) is 61.2 Å². The van der Waals surface area contributed by atoms with Crippen molar-refractivity contribution < 1.29 is 22.7 Å². The Bertz CT molecular complexity index is 893. The van der Waals surface area contributed by atoms with Gasteiger partial charge in [0.25, 0.3) is 0 Å². The van der Waals surface area contributed by atoms with E-state index >= 15 is 0 Å². The molecular formula is C20H24N2O5S. The van der Waals surface area contributed by atoms with Gasteiger partial charge in [0.1, 0.15) is 18.1 Å². The van der Waals surface area contributed by atoms with Gasteiger partial charge in [-0.3, -0.25) is 4.79 Å². The summed E-state index contributed by atoms with van der Waals surface area (Å²) in [5.74, 6) is 1.11. The maximum atomic E-state index is 12.9. The first-order valence-corrected chi connectivity index (χ1v) is 10.1. The summed E-state index contributed by atoms with van der Waals surface area (Å²) in [4.78, 5) is 11.2. The minimum Gasteiger partial charge on any atom is -0.497 e. The number of nitrogens with one attached hydrogen (secondary N) is 1. The minimum atomic E-state index is -3.72. The van der Waals surface area contributed by atoms with Gasteiger partial charge in [0.05, 0.1) is 12.0 Å². The Kier molecular flexibility index (Phi) is 7.60. The van der Waals surface area contributed by atoms with Crippen LogP contribution in [-0.2, 0) is 14.8 Å². The zero-order valence-electron chi connectivity index (χ0n) is 15.9. The molecule has 0 heterocycles. The lowest BCUT2D eigenvalue weighted by atomic mass is 10.3. The van der Waals surface area contributed by atoms with Crippen LogP contribution in [0.25, 0.3) is 0 Å². The van der Waals surface area contributed by atoms with Crippen molar-refractivity contribution in [3.63, 3.8) is 0 Å². The number of ether oxygens (including phenoxy) is 2. The Morgan fingerprint density at radius 3 is 2.25 bits per heavy atom. The molecule has 0 aliphatic carbocycles. The zero-order chi connectivity index (χ0) is 20.6. The van der Waals surface area contributed by atoms with Crippen molar-refractivity contribution in [1.82, 2.24) is 4.31 Å². The molecule has 7 nitrogen and oxygen atoms in total. The lowest BCUT2D eigenvalue weighted by Crippen LogP contribution is -2.34. The van der Waals surface area contributed by atoms with Crippen LogP contribution in [0.1, 0.15) is 6.92 Å². The quantitative estimate of drug-likeness (QED) is 0.616. The molecule has 1 amide bonds. The molecule has 2 rings (SSSR count). The Morgan fingerprint density at radius 2 is 1.71 bits per heavy atom. The highest BCUT2D eigenvalue weighted by molar-refractivity contribution is 7.89. The van der Waals surface area contributed by atoms with Crippen LogP contribution < -0.4 is 14.8 Å².